The fraction of sp³-hybridized carbons (Fsp3) is 0.526. The molecule has 26 heavy (non-hydrogen) atoms. The maximum Gasteiger partial charge on any atom is 0.222 e. The molecule has 7 heteroatoms. The van der Waals surface area contributed by atoms with Crippen molar-refractivity contribution in [3.05, 3.63) is 24.0 Å². The van der Waals surface area contributed by atoms with E-state index in [4.69, 9.17) is 11.2 Å². The van der Waals surface area contributed by atoms with E-state index >= 15 is 0 Å². The van der Waals surface area contributed by atoms with Crippen molar-refractivity contribution in [2.75, 3.05) is 38.2 Å². The van der Waals surface area contributed by atoms with Crippen LogP contribution >= 0.6 is 0 Å². The molecule has 1 aromatic rings. The lowest BCUT2D eigenvalue weighted by Gasteiger charge is -2.36. The van der Waals surface area contributed by atoms with Gasteiger partial charge in [-0.1, -0.05) is 6.07 Å². The number of amides is 1. The van der Waals surface area contributed by atoms with Crippen LogP contribution in [0.5, 0.6) is 5.75 Å². The van der Waals surface area contributed by atoms with Crippen LogP contribution in [0.25, 0.3) is 0 Å². The Bertz CT molecular complexity index is 730. The summed E-state index contributed by atoms with van der Waals surface area (Å²) >= 11 is 0. The number of ether oxygens (including phenoxy) is 1. The van der Waals surface area contributed by atoms with Crippen molar-refractivity contribution in [2.45, 2.75) is 31.3 Å². The molecule has 0 atom stereocenters. The molecular formula is C19H23FN4O2. The third-order valence-corrected chi connectivity index (χ3v) is 4.91. The first-order chi connectivity index (χ1) is 12.6. The highest BCUT2D eigenvalue weighted by Gasteiger charge is 2.39. The summed E-state index contributed by atoms with van der Waals surface area (Å²) in [6.45, 7) is 2.25. The Hall–Kier alpha value is -2.62. The van der Waals surface area contributed by atoms with Gasteiger partial charge in [0.1, 0.15) is 17.3 Å². The number of methoxy groups -OCH3 is 1. The number of hydrogen-bond acceptors (Lipinski definition) is 5. The summed E-state index contributed by atoms with van der Waals surface area (Å²) in [5, 5.41) is 8.13. The van der Waals surface area contributed by atoms with Crippen LogP contribution in [0.4, 0.5) is 10.1 Å². The fourth-order valence-corrected chi connectivity index (χ4v) is 3.28. The summed E-state index contributed by atoms with van der Waals surface area (Å²) in [6.07, 6.45) is 7.61. The highest BCUT2D eigenvalue weighted by molar-refractivity contribution is 5.76. The minimum Gasteiger partial charge on any atom is -0.494 e. The summed E-state index contributed by atoms with van der Waals surface area (Å²) in [5.41, 5.74) is 0.0376. The Morgan fingerprint density at radius 1 is 1.31 bits per heavy atom. The van der Waals surface area contributed by atoms with Crippen molar-refractivity contribution in [1.82, 2.24) is 4.90 Å². The molecule has 0 aromatic heterocycles. The van der Waals surface area contributed by atoms with Gasteiger partial charge in [0, 0.05) is 51.9 Å². The van der Waals surface area contributed by atoms with Crippen LogP contribution < -0.4 is 9.64 Å². The molecule has 0 unspecified atom stereocenters. The summed E-state index contributed by atoms with van der Waals surface area (Å²) in [4.78, 5) is 16.2. The molecule has 0 radical (unpaired) electrons. The van der Waals surface area contributed by atoms with Gasteiger partial charge < -0.3 is 14.5 Å². The molecule has 1 amide bonds. The second kappa shape index (κ2) is 7.73. The average Bonchev–Trinajstić information content (AvgIpc) is 3.44. The zero-order valence-corrected chi connectivity index (χ0v) is 14.9. The summed E-state index contributed by atoms with van der Waals surface area (Å²) in [6, 6.07) is 4.79. The molecule has 0 saturated carbocycles. The van der Waals surface area contributed by atoms with Gasteiger partial charge in [-0.2, -0.15) is 10.2 Å². The first-order valence-corrected chi connectivity index (χ1v) is 8.81. The summed E-state index contributed by atoms with van der Waals surface area (Å²) in [5.74, 6) is 2.88. The molecule has 138 valence electrons. The molecule has 3 rings (SSSR count). The van der Waals surface area contributed by atoms with E-state index in [0.29, 0.717) is 63.3 Å². The average molecular weight is 358 g/mol. The number of piperazine rings is 1. The predicted molar refractivity (Wildman–Crippen MR) is 96.6 cm³/mol. The van der Waals surface area contributed by atoms with Crippen molar-refractivity contribution in [3.63, 3.8) is 0 Å². The number of carbonyl (C=O) groups is 1. The summed E-state index contributed by atoms with van der Waals surface area (Å²) in [7, 11) is 1.53. The number of benzene rings is 1. The first-order valence-electron chi connectivity index (χ1n) is 8.81. The molecule has 1 fully saturated rings. The topological polar surface area (TPSA) is 57.5 Å². The van der Waals surface area contributed by atoms with Crippen LogP contribution in [0.2, 0.25) is 0 Å². The Morgan fingerprint density at radius 3 is 2.65 bits per heavy atom. The maximum atomic E-state index is 14.2. The molecule has 2 heterocycles. The molecule has 0 bridgehead atoms. The van der Waals surface area contributed by atoms with Crippen molar-refractivity contribution in [1.29, 1.82) is 0 Å². The molecule has 0 N–H and O–H groups in total. The molecule has 1 saturated heterocycles. The SMILES string of the molecule is C#CCCC1(CCC(=O)N2CCN(c3c(F)cccc3OC)CC2)N=N1. The zero-order valence-electron chi connectivity index (χ0n) is 14.9. The lowest BCUT2D eigenvalue weighted by molar-refractivity contribution is -0.131. The second-order valence-corrected chi connectivity index (χ2v) is 6.55. The monoisotopic (exact) mass is 358 g/mol. The number of terminal acetylenes is 1. The number of carbonyl (C=O) groups excluding carboxylic acids is 1. The van der Waals surface area contributed by atoms with Gasteiger partial charge in [-0.3, -0.25) is 4.79 Å². The van der Waals surface area contributed by atoms with Crippen LogP contribution in [0, 0.1) is 18.2 Å². The number of halogens is 1. The molecule has 0 spiro atoms. The number of anilines is 1. The third-order valence-electron chi connectivity index (χ3n) is 4.91. The van der Waals surface area contributed by atoms with E-state index in [1.165, 1.54) is 13.2 Å². The quantitative estimate of drug-likeness (QED) is 0.704. The zero-order chi connectivity index (χ0) is 18.6. The molecule has 2 aliphatic rings. The van der Waals surface area contributed by atoms with E-state index < -0.39 is 5.66 Å². The maximum absolute atomic E-state index is 14.2. The fourth-order valence-electron chi connectivity index (χ4n) is 3.28. The minimum absolute atomic E-state index is 0.0857. The van der Waals surface area contributed by atoms with E-state index in [2.05, 4.69) is 16.1 Å². The highest BCUT2D eigenvalue weighted by Crippen LogP contribution is 2.38. The predicted octanol–water partition coefficient (Wildman–Crippen LogP) is 2.84. The van der Waals surface area contributed by atoms with E-state index in [-0.39, 0.29) is 11.7 Å². The third kappa shape index (κ3) is 3.96. The number of rotatable bonds is 7. The van der Waals surface area contributed by atoms with E-state index in [9.17, 15) is 9.18 Å². The number of para-hydroxylation sites is 1. The first kappa shape index (κ1) is 18.2. The van der Waals surface area contributed by atoms with Gasteiger partial charge in [-0.25, -0.2) is 4.39 Å². The van der Waals surface area contributed by atoms with Crippen molar-refractivity contribution >= 4 is 11.6 Å². The highest BCUT2D eigenvalue weighted by atomic mass is 19.1. The Morgan fingerprint density at radius 2 is 2.04 bits per heavy atom. The Kier molecular flexibility index (Phi) is 5.40. The van der Waals surface area contributed by atoms with Gasteiger partial charge in [-0.15, -0.1) is 12.3 Å². The van der Waals surface area contributed by atoms with E-state index in [1.807, 2.05) is 9.80 Å². The molecule has 0 aliphatic carbocycles. The largest absolute Gasteiger partial charge is 0.494 e. The van der Waals surface area contributed by atoms with Crippen LogP contribution in [0.3, 0.4) is 0 Å². The minimum atomic E-state index is -0.426. The van der Waals surface area contributed by atoms with Crippen molar-refractivity contribution in [3.8, 4) is 18.1 Å². The van der Waals surface area contributed by atoms with Gasteiger partial charge in [-0.05, 0) is 12.1 Å². The Balaban J connectivity index is 1.51. The van der Waals surface area contributed by atoms with E-state index in [0.717, 1.165) is 0 Å². The van der Waals surface area contributed by atoms with Gasteiger partial charge >= 0.3 is 0 Å². The lowest BCUT2D eigenvalue weighted by atomic mass is 10.0. The standard InChI is InChI=1S/C19H23FN4O2/c1-3-4-9-19(21-22-19)10-8-17(25)23-11-13-24(14-12-23)18-15(20)6-5-7-16(18)26-2/h1,5-7H,4,8-14H2,2H3. The van der Waals surface area contributed by atoms with Crippen molar-refractivity contribution in [2.24, 2.45) is 10.2 Å². The molecular weight excluding hydrogens is 335 g/mol. The van der Waals surface area contributed by atoms with E-state index in [1.54, 1.807) is 12.1 Å². The number of hydrogen-bond donors (Lipinski definition) is 0. The lowest BCUT2D eigenvalue weighted by Crippen LogP contribution is -2.49. The summed E-state index contributed by atoms with van der Waals surface area (Å²) < 4.78 is 19.5. The Labute approximate surface area is 153 Å². The van der Waals surface area contributed by atoms with Gasteiger partial charge in [0.2, 0.25) is 5.91 Å². The van der Waals surface area contributed by atoms with Gasteiger partial charge in [0.15, 0.2) is 5.66 Å². The smallest absolute Gasteiger partial charge is 0.222 e. The van der Waals surface area contributed by atoms with Crippen molar-refractivity contribution < 1.29 is 13.9 Å². The van der Waals surface area contributed by atoms with Crippen LogP contribution in [-0.2, 0) is 4.79 Å². The normalized spacial score (nSPS) is 17.7. The van der Waals surface area contributed by atoms with Crippen LogP contribution in [-0.4, -0.2) is 49.8 Å². The second-order valence-electron chi connectivity index (χ2n) is 6.55. The van der Waals surface area contributed by atoms with Gasteiger partial charge in [0.05, 0.1) is 7.11 Å². The molecule has 6 nitrogen and oxygen atoms in total. The number of nitrogens with zero attached hydrogens (tertiary/aromatic N) is 4. The molecule has 1 aromatic carbocycles. The van der Waals surface area contributed by atoms with Crippen LogP contribution in [0.15, 0.2) is 28.4 Å². The van der Waals surface area contributed by atoms with Crippen LogP contribution in [0.1, 0.15) is 25.7 Å². The van der Waals surface area contributed by atoms with Gasteiger partial charge in [0.25, 0.3) is 0 Å². The molecule has 2 aliphatic heterocycles.